The highest BCUT2D eigenvalue weighted by Crippen LogP contribution is 2.00. The number of likely N-dealkylation sites (N-methyl/N-ethyl adjacent to an activating group) is 1. The van der Waals surface area contributed by atoms with E-state index in [1.54, 1.807) is 18.1 Å². The molecule has 0 atom stereocenters. The van der Waals surface area contributed by atoms with Gasteiger partial charge in [0.15, 0.2) is 0 Å². The van der Waals surface area contributed by atoms with Crippen LogP contribution in [0.25, 0.3) is 0 Å². The first-order valence-electron chi connectivity index (χ1n) is 5.32. The summed E-state index contributed by atoms with van der Waals surface area (Å²) in [5.74, 6) is 0.831. The second-order valence-electron chi connectivity index (χ2n) is 4.06. The van der Waals surface area contributed by atoms with Crippen LogP contribution in [0.5, 0.6) is 0 Å². The molecule has 0 saturated carbocycles. The lowest BCUT2D eigenvalue weighted by Gasteiger charge is -2.17. The Balaban J connectivity index is 2.43. The molecule has 0 aliphatic rings. The van der Waals surface area contributed by atoms with Crippen molar-refractivity contribution in [3.8, 4) is 0 Å². The van der Waals surface area contributed by atoms with Crippen LogP contribution in [-0.2, 0) is 23.1 Å². The van der Waals surface area contributed by atoms with E-state index in [4.69, 9.17) is 4.74 Å². The molecule has 0 bridgehead atoms. The van der Waals surface area contributed by atoms with Crippen LogP contribution in [0.2, 0.25) is 0 Å². The van der Waals surface area contributed by atoms with Gasteiger partial charge in [-0.3, -0.25) is 4.79 Å². The van der Waals surface area contributed by atoms with Crippen LogP contribution in [0.3, 0.4) is 0 Å². The third kappa shape index (κ3) is 3.66. The maximum atomic E-state index is 11.6. The minimum absolute atomic E-state index is 0.0308. The highest BCUT2D eigenvalue weighted by molar-refractivity contribution is 5.77. The van der Waals surface area contributed by atoms with Crippen molar-refractivity contribution in [1.29, 1.82) is 0 Å². The number of aryl methyl sites for hydroxylation is 1. The van der Waals surface area contributed by atoms with Gasteiger partial charge in [-0.25, -0.2) is 4.98 Å². The summed E-state index contributed by atoms with van der Waals surface area (Å²) in [6.45, 7) is 4.44. The maximum Gasteiger partial charge on any atom is 0.248 e. The summed E-state index contributed by atoms with van der Waals surface area (Å²) in [6.07, 6.45) is 3.65. The number of carbonyl (C=O) groups is 1. The van der Waals surface area contributed by atoms with Gasteiger partial charge in [0.2, 0.25) is 5.91 Å². The Bertz CT molecular complexity index is 347. The van der Waals surface area contributed by atoms with Gasteiger partial charge in [-0.2, -0.15) is 0 Å². The van der Waals surface area contributed by atoms with Crippen molar-refractivity contribution in [2.24, 2.45) is 7.05 Å². The summed E-state index contributed by atoms with van der Waals surface area (Å²) in [4.78, 5) is 17.4. The normalized spacial score (nSPS) is 10.8. The molecular weight excluding hydrogens is 206 g/mol. The Morgan fingerprint density at radius 2 is 2.31 bits per heavy atom. The number of hydrogen-bond acceptors (Lipinski definition) is 3. The number of amides is 1. The summed E-state index contributed by atoms with van der Waals surface area (Å²) in [6, 6.07) is 0. The Morgan fingerprint density at radius 3 is 2.81 bits per heavy atom. The molecule has 5 nitrogen and oxygen atoms in total. The largest absolute Gasteiger partial charge is 0.369 e. The Labute approximate surface area is 96.0 Å². The molecule has 0 saturated heterocycles. The fraction of sp³-hybridized carbons (Fsp3) is 0.636. The zero-order chi connectivity index (χ0) is 12.1. The molecule has 0 aliphatic heterocycles. The highest BCUT2D eigenvalue weighted by Gasteiger charge is 2.12. The van der Waals surface area contributed by atoms with E-state index >= 15 is 0 Å². The summed E-state index contributed by atoms with van der Waals surface area (Å²) in [5.41, 5.74) is 0. The van der Waals surface area contributed by atoms with Crippen LogP contribution in [0.15, 0.2) is 12.4 Å². The molecule has 0 spiro atoms. The molecule has 1 amide bonds. The number of nitrogens with zero attached hydrogens (tertiary/aromatic N) is 3. The first kappa shape index (κ1) is 12.7. The van der Waals surface area contributed by atoms with Gasteiger partial charge in [-0.05, 0) is 13.8 Å². The number of ether oxygens (including phenoxy) is 1. The van der Waals surface area contributed by atoms with E-state index < -0.39 is 0 Å². The number of imidazole rings is 1. The highest BCUT2D eigenvalue weighted by atomic mass is 16.5. The molecule has 90 valence electrons. The first-order chi connectivity index (χ1) is 7.50. The molecule has 0 fully saturated rings. The summed E-state index contributed by atoms with van der Waals surface area (Å²) >= 11 is 0. The van der Waals surface area contributed by atoms with Crippen LogP contribution in [0.1, 0.15) is 19.7 Å². The Kier molecular flexibility index (Phi) is 4.49. The predicted octanol–water partition coefficient (Wildman–Crippen LogP) is 0.803. The van der Waals surface area contributed by atoms with Gasteiger partial charge in [-0.1, -0.05) is 0 Å². The molecule has 1 rings (SSSR count). The second kappa shape index (κ2) is 5.65. The van der Waals surface area contributed by atoms with Crippen molar-refractivity contribution in [1.82, 2.24) is 14.5 Å². The monoisotopic (exact) mass is 225 g/mol. The smallest absolute Gasteiger partial charge is 0.248 e. The lowest BCUT2D eigenvalue weighted by atomic mass is 10.4. The van der Waals surface area contributed by atoms with E-state index in [0.29, 0.717) is 6.54 Å². The van der Waals surface area contributed by atoms with E-state index in [2.05, 4.69) is 4.98 Å². The fourth-order valence-corrected chi connectivity index (χ4v) is 1.20. The molecular formula is C11H19N3O2. The maximum absolute atomic E-state index is 11.6. The quantitative estimate of drug-likeness (QED) is 0.745. The third-order valence-electron chi connectivity index (χ3n) is 2.27. The van der Waals surface area contributed by atoms with E-state index in [1.165, 1.54) is 0 Å². The molecule has 0 radical (unpaired) electrons. The number of rotatable bonds is 5. The van der Waals surface area contributed by atoms with Gasteiger partial charge in [0.25, 0.3) is 0 Å². The summed E-state index contributed by atoms with van der Waals surface area (Å²) < 4.78 is 7.15. The van der Waals surface area contributed by atoms with E-state index in [-0.39, 0.29) is 18.6 Å². The SMILES string of the molecule is CC(C)OCC(=O)N(C)Cc1nccn1C. The molecule has 16 heavy (non-hydrogen) atoms. The molecule has 1 heterocycles. The van der Waals surface area contributed by atoms with E-state index in [0.717, 1.165) is 5.82 Å². The molecule has 1 aromatic heterocycles. The molecule has 0 aliphatic carbocycles. The van der Waals surface area contributed by atoms with E-state index in [1.807, 2.05) is 31.7 Å². The van der Waals surface area contributed by atoms with Crippen molar-refractivity contribution in [2.75, 3.05) is 13.7 Å². The van der Waals surface area contributed by atoms with Crippen molar-refractivity contribution >= 4 is 5.91 Å². The number of hydrogen-bond donors (Lipinski definition) is 0. The average Bonchev–Trinajstić information content (AvgIpc) is 2.60. The van der Waals surface area contributed by atoms with Gasteiger partial charge in [0, 0.05) is 26.5 Å². The predicted molar refractivity (Wildman–Crippen MR) is 60.8 cm³/mol. The van der Waals surface area contributed by atoms with Gasteiger partial charge < -0.3 is 14.2 Å². The van der Waals surface area contributed by atoms with Crippen LogP contribution >= 0.6 is 0 Å². The number of aromatic nitrogens is 2. The van der Waals surface area contributed by atoms with Gasteiger partial charge in [0.1, 0.15) is 12.4 Å². The second-order valence-corrected chi connectivity index (χ2v) is 4.06. The molecule has 5 heteroatoms. The minimum atomic E-state index is -0.0308. The van der Waals surface area contributed by atoms with Crippen LogP contribution in [0.4, 0.5) is 0 Å². The van der Waals surface area contributed by atoms with Crippen molar-refractivity contribution in [2.45, 2.75) is 26.5 Å². The summed E-state index contributed by atoms with van der Waals surface area (Å²) in [7, 11) is 3.66. The number of carbonyl (C=O) groups excluding carboxylic acids is 1. The van der Waals surface area contributed by atoms with Gasteiger partial charge in [0.05, 0.1) is 12.6 Å². The lowest BCUT2D eigenvalue weighted by Crippen LogP contribution is -2.31. The third-order valence-corrected chi connectivity index (χ3v) is 2.27. The molecule has 0 unspecified atom stereocenters. The molecule has 0 N–H and O–H groups in total. The zero-order valence-corrected chi connectivity index (χ0v) is 10.3. The lowest BCUT2D eigenvalue weighted by molar-refractivity contribution is -0.136. The van der Waals surface area contributed by atoms with Gasteiger partial charge >= 0.3 is 0 Å². The van der Waals surface area contributed by atoms with Crippen molar-refractivity contribution in [3.63, 3.8) is 0 Å². The molecule has 1 aromatic rings. The first-order valence-corrected chi connectivity index (χ1v) is 5.32. The van der Waals surface area contributed by atoms with Gasteiger partial charge in [-0.15, -0.1) is 0 Å². The topological polar surface area (TPSA) is 47.4 Å². The van der Waals surface area contributed by atoms with Crippen LogP contribution in [0, 0.1) is 0 Å². The summed E-state index contributed by atoms with van der Waals surface area (Å²) in [5, 5.41) is 0. The minimum Gasteiger partial charge on any atom is -0.369 e. The fourth-order valence-electron chi connectivity index (χ4n) is 1.20. The standard InChI is InChI=1S/C11H19N3O2/c1-9(2)16-8-11(15)14(4)7-10-12-5-6-13(10)3/h5-6,9H,7-8H2,1-4H3. The van der Waals surface area contributed by atoms with Crippen molar-refractivity contribution < 1.29 is 9.53 Å². The van der Waals surface area contributed by atoms with E-state index in [9.17, 15) is 4.79 Å². The van der Waals surface area contributed by atoms with Crippen LogP contribution < -0.4 is 0 Å². The average molecular weight is 225 g/mol. The van der Waals surface area contributed by atoms with Crippen molar-refractivity contribution in [3.05, 3.63) is 18.2 Å². The van der Waals surface area contributed by atoms with Crippen LogP contribution in [-0.4, -0.2) is 40.1 Å². The zero-order valence-electron chi connectivity index (χ0n) is 10.3. The Hall–Kier alpha value is -1.36. The molecule has 0 aromatic carbocycles. The Morgan fingerprint density at radius 1 is 1.62 bits per heavy atom.